The van der Waals surface area contributed by atoms with Gasteiger partial charge in [0.05, 0.1) is 6.54 Å². The first kappa shape index (κ1) is 17.9. The lowest BCUT2D eigenvalue weighted by Gasteiger charge is -2.19. The predicted molar refractivity (Wildman–Crippen MR) is 96.8 cm³/mol. The molecule has 0 radical (unpaired) electrons. The highest BCUT2D eigenvalue weighted by Gasteiger charge is 2.14. The molecule has 2 aromatic carbocycles. The summed E-state index contributed by atoms with van der Waals surface area (Å²) in [5.74, 6) is 0.490. The third-order valence-electron chi connectivity index (χ3n) is 3.77. The standard InChI is InChI=1S/C20H25NO3/c1-20(2,3)16-10-12-18(13-11-16)24-19(22)23-15-14-21(4)17-8-6-5-7-9-17/h5-13H,14-15H2,1-4H3. The molecule has 24 heavy (non-hydrogen) atoms. The fraction of sp³-hybridized carbons (Fsp3) is 0.350. The summed E-state index contributed by atoms with van der Waals surface area (Å²) >= 11 is 0. The monoisotopic (exact) mass is 327 g/mol. The minimum Gasteiger partial charge on any atom is -0.432 e. The van der Waals surface area contributed by atoms with Crippen LogP contribution in [0.5, 0.6) is 5.75 Å². The summed E-state index contributed by atoms with van der Waals surface area (Å²) in [5.41, 5.74) is 2.33. The van der Waals surface area contributed by atoms with Crippen LogP contribution in [0.3, 0.4) is 0 Å². The van der Waals surface area contributed by atoms with Gasteiger partial charge in [0, 0.05) is 12.7 Å². The smallest absolute Gasteiger partial charge is 0.432 e. The molecule has 0 saturated carbocycles. The van der Waals surface area contributed by atoms with Gasteiger partial charge in [-0.1, -0.05) is 51.1 Å². The molecule has 0 aliphatic carbocycles. The Morgan fingerprint density at radius 3 is 2.21 bits per heavy atom. The third kappa shape index (κ3) is 5.30. The molecule has 0 N–H and O–H groups in total. The Bertz CT molecular complexity index is 645. The normalized spacial score (nSPS) is 11.0. The topological polar surface area (TPSA) is 38.8 Å². The van der Waals surface area contributed by atoms with E-state index in [1.807, 2.05) is 54.4 Å². The van der Waals surface area contributed by atoms with Crippen LogP contribution in [0.25, 0.3) is 0 Å². The molecule has 0 unspecified atom stereocenters. The summed E-state index contributed by atoms with van der Waals surface area (Å²) in [7, 11) is 1.95. The maximum atomic E-state index is 11.7. The van der Waals surface area contributed by atoms with Crippen LogP contribution in [0.15, 0.2) is 54.6 Å². The number of hydrogen-bond acceptors (Lipinski definition) is 4. The van der Waals surface area contributed by atoms with E-state index in [1.165, 1.54) is 5.56 Å². The molecule has 0 aliphatic heterocycles. The largest absolute Gasteiger partial charge is 0.513 e. The van der Waals surface area contributed by atoms with E-state index in [0.717, 1.165) is 5.69 Å². The van der Waals surface area contributed by atoms with Gasteiger partial charge in [0.25, 0.3) is 0 Å². The van der Waals surface area contributed by atoms with E-state index in [0.29, 0.717) is 12.3 Å². The molecule has 0 aliphatic rings. The van der Waals surface area contributed by atoms with Crippen LogP contribution in [0.4, 0.5) is 10.5 Å². The van der Waals surface area contributed by atoms with E-state index >= 15 is 0 Å². The van der Waals surface area contributed by atoms with Crippen LogP contribution in [0.2, 0.25) is 0 Å². The Morgan fingerprint density at radius 2 is 1.62 bits per heavy atom. The molecule has 0 amide bonds. The van der Waals surface area contributed by atoms with Gasteiger partial charge in [-0.15, -0.1) is 0 Å². The van der Waals surface area contributed by atoms with Crippen molar-refractivity contribution in [3.63, 3.8) is 0 Å². The van der Waals surface area contributed by atoms with Gasteiger partial charge < -0.3 is 14.4 Å². The Hall–Kier alpha value is -2.49. The highest BCUT2D eigenvalue weighted by molar-refractivity contribution is 5.63. The summed E-state index contributed by atoms with van der Waals surface area (Å²) in [6.07, 6.45) is -0.681. The minimum atomic E-state index is -0.681. The molecule has 2 aromatic rings. The Labute approximate surface area is 144 Å². The number of nitrogens with zero attached hydrogens (tertiary/aromatic N) is 1. The minimum absolute atomic E-state index is 0.0705. The van der Waals surface area contributed by atoms with Crippen molar-refractivity contribution in [3.8, 4) is 5.75 Å². The highest BCUT2D eigenvalue weighted by atomic mass is 16.7. The number of anilines is 1. The Kier molecular flexibility index (Phi) is 5.85. The SMILES string of the molecule is CN(CCOC(=O)Oc1ccc(C(C)(C)C)cc1)c1ccccc1. The summed E-state index contributed by atoms with van der Waals surface area (Å²) < 4.78 is 10.3. The number of carbonyl (C=O) groups excluding carboxylic acids is 1. The second kappa shape index (κ2) is 7.86. The molecule has 0 aromatic heterocycles. The molecule has 0 atom stereocenters. The summed E-state index contributed by atoms with van der Waals surface area (Å²) in [6.45, 7) is 7.29. The number of para-hydroxylation sites is 1. The molecule has 2 rings (SSSR count). The summed E-state index contributed by atoms with van der Waals surface area (Å²) in [4.78, 5) is 13.8. The van der Waals surface area contributed by atoms with E-state index in [9.17, 15) is 4.79 Å². The molecule has 128 valence electrons. The third-order valence-corrected chi connectivity index (χ3v) is 3.77. The molecule has 0 bridgehead atoms. The Balaban J connectivity index is 1.77. The van der Waals surface area contributed by atoms with Gasteiger partial charge in [0.2, 0.25) is 0 Å². The van der Waals surface area contributed by atoms with Crippen LogP contribution >= 0.6 is 0 Å². The number of hydrogen-bond donors (Lipinski definition) is 0. The van der Waals surface area contributed by atoms with E-state index < -0.39 is 6.16 Å². The van der Waals surface area contributed by atoms with Gasteiger partial charge in [-0.3, -0.25) is 0 Å². The Morgan fingerprint density at radius 1 is 1.00 bits per heavy atom. The first-order valence-electron chi connectivity index (χ1n) is 8.07. The number of rotatable bonds is 5. The van der Waals surface area contributed by atoms with Crippen molar-refractivity contribution in [1.82, 2.24) is 0 Å². The van der Waals surface area contributed by atoms with Gasteiger partial charge in [0.15, 0.2) is 0 Å². The zero-order valence-corrected chi connectivity index (χ0v) is 14.8. The summed E-state index contributed by atoms with van der Waals surface area (Å²) in [5, 5.41) is 0. The lowest BCUT2D eigenvalue weighted by Crippen LogP contribution is -2.24. The fourth-order valence-electron chi connectivity index (χ4n) is 2.23. The van der Waals surface area contributed by atoms with Crippen LogP contribution in [-0.2, 0) is 10.2 Å². The maximum Gasteiger partial charge on any atom is 0.513 e. The molecule has 0 fully saturated rings. The number of likely N-dealkylation sites (N-methyl/N-ethyl adjacent to an activating group) is 1. The van der Waals surface area contributed by atoms with E-state index in [4.69, 9.17) is 9.47 Å². The van der Waals surface area contributed by atoms with Crippen molar-refractivity contribution >= 4 is 11.8 Å². The van der Waals surface area contributed by atoms with Gasteiger partial charge in [-0.25, -0.2) is 4.79 Å². The average Bonchev–Trinajstić information content (AvgIpc) is 2.55. The van der Waals surface area contributed by atoms with Crippen molar-refractivity contribution < 1.29 is 14.3 Å². The van der Waals surface area contributed by atoms with Gasteiger partial charge >= 0.3 is 6.16 Å². The van der Waals surface area contributed by atoms with Crippen LogP contribution in [0.1, 0.15) is 26.3 Å². The van der Waals surface area contributed by atoms with Crippen molar-refractivity contribution in [2.24, 2.45) is 0 Å². The molecule has 0 heterocycles. The van der Waals surface area contributed by atoms with Crippen LogP contribution < -0.4 is 9.64 Å². The highest BCUT2D eigenvalue weighted by Crippen LogP contribution is 2.24. The molecule has 0 spiro atoms. The lowest BCUT2D eigenvalue weighted by atomic mass is 9.87. The molecule has 4 nitrogen and oxygen atoms in total. The number of ether oxygens (including phenoxy) is 2. The summed E-state index contributed by atoms with van der Waals surface area (Å²) in [6, 6.07) is 17.4. The van der Waals surface area contributed by atoms with E-state index in [2.05, 4.69) is 20.8 Å². The van der Waals surface area contributed by atoms with E-state index in [1.54, 1.807) is 12.1 Å². The van der Waals surface area contributed by atoms with E-state index in [-0.39, 0.29) is 12.0 Å². The zero-order valence-electron chi connectivity index (χ0n) is 14.8. The molecular weight excluding hydrogens is 302 g/mol. The average molecular weight is 327 g/mol. The van der Waals surface area contributed by atoms with Crippen LogP contribution in [-0.4, -0.2) is 26.4 Å². The van der Waals surface area contributed by atoms with Crippen molar-refractivity contribution in [2.45, 2.75) is 26.2 Å². The van der Waals surface area contributed by atoms with Crippen LogP contribution in [0, 0.1) is 0 Å². The van der Waals surface area contributed by atoms with Gasteiger partial charge in [-0.05, 0) is 35.2 Å². The number of carbonyl (C=O) groups is 1. The molecule has 4 heteroatoms. The predicted octanol–water partition coefficient (Wildman–Crippen LogP) is 4.64. The molecule has 0 saturated heterocycles. The zero-order chi connectivity index (χ0) is 17.6. The second-order valence-corrected chi connectivity index (χ2v) is 6.73. The van der Waals surface area contributed by atoms with Crippen molar-refractivity contribution in [1.29, 1.82) is 0 Å². The second-order valence-electron chi connectivity index (χ2n) is 6.73. The first-order chi connectivity index (χ1) is 11.4. The van der Waals surface area contributed by atoms with Gasteiger partial charge in [-0.2, -0.15) is 0 Å². The van der Waals surface area contributed by atoms with Crippen molar-refractivity contribution in [2.75, 3.05) is 25.1 Å². The maximum absolute atomic E-state index is 11.7. The number of benzene rings is 2. The fourth-order valence-corrected chi connectivity index (χ4v) is 2.23. The van der Waals surface area contributed by atoms with Crippen molar-refractivity contribution in [3.05, 3.63) is 60.2 Å². The first-order valence-corrected chi connectivity index (χ1v) is 8.07. The quantitative estimate of drug-likeness (QED) is 0.592. The molecular formula is C20H25NO3. The van der Waals surface area contributed by atoms with Gasteiger partial charge in [0.1, 0.15) is 12.4 Å². The lowest BCUT2D eigenvalue weighted by molar-refractivity contribution is 0.102.